The highest BCUT2D eigenvalue weighted by Gasteiger charge is 2.07. The molecule has 0 aliphatic rings. The number of carbonyl (C=O) groups is 2. The van der Waals surface area contributed by atoms with Gasteiger partial charge in [-0.05, 0) is 36.4 Å². The largest absolute Gasteiger partial charge is 0.332 e. The molecule has 3 aromatic rings. The van der Waals surface area contributed by atoms with Gasteiger partial charge in [0, 0.05) is 30.2 Å². The Morgan fingerprint density at radius 1 is 0.962 bits per heavy atom. The minimum atomic E-state index is -0.335. The molecule has 0 bridgehead atoms. The van der Waals surface area contributed by atoms with Gasteiger partial charge >= 0.3 is 6.03 Å². The molecule has 0 saturated heterocycles. The summed E-state index contributed by atoms with van der Waals surface area (Å²) in [5, 5.41) is 12.4. The van der Waals surface area contributed by atoms with E-state index in [1.54, 1.807) is 59.4 Å². The van der Waals surface area contributed by atoms with Gasteiger partial charge in [0.15, 0.2) is 0 Å². The average molecular weight is 349 g/mol. The van der Waals surface area contributed by atoms with E-state index < -0.39 is 0 Å². The minimum absolute atomic E-state index is 0.205. The molecule has 0 aliphatic heterocycles. The first-order valence-electron chi connectivity index (χ1n) is 8.10. The van der Waals surface area contributed by atoms with Crippen LogP contribution in [-0.4, -0.2) is 21.7 Å². The van der Waals surface area contributed by atoms with Gasteiger partial charge in [0.25, 0.3) is 5.91 Å². The third-order valence-corrected chi connectivity index (χ3v) is 3.77. The van der Waals surface area contributed by atoms with Crippen molar-refractivity contribution < 1.29 is 9.59 Å². The van der Waals surface area contributed by atoms with Crippen LogP contribution >= 0.6 is 0 Å². The topological polar surface area (TPSA) is 88.1 Å². The van der Waals surface area contributed by atoms with Gasteiger partial charge in [0.2, 0.25) is 0 Å². The van der Waals surface area contributed by atoms with Gasteiger partial charge in [-0.25, -0.2) is 4.79 Å². The van der Waals surface area contributed by atoms with Crippen LogP contribution in [0.25, 0.3) is 0 Å². The van der Waals surface area contributed by atoms with Crippen molar-refractivity contribution in [3.63, 3.8) is 0 Å². The number of urea groups is 1. The summed E-state index contributed by atoms with van der Waals surface area (Å²) in [6, 6.07) is 17.4. The Labute approximate surface area is 151 Å². The summed E-state index contributed by atoms with van der Waals surface area (Å²) < 4.78 is 1.69. The lowest BCUT2D eigenvalue weighted by Crippen LogP contribution is -2.29. The van der Waals surface area contributed by atoms with E-state index >= 15 is 0 Å². The van der Waals surface area contributed by atoms with Crippen molar-refractivity contribution in [2.24, 2.45) is 7.05 Å². The number of anilines is 2. The molecule has 0 aliphatic carbocycles. The lowest BCUT2D eigenvalue weighted by atomic mass is 10.2. The van der Waals surface area contributed by atoms with Crippen LogP contribution in [0, 0.1) is 0 Å². The van der Waals surface area contributed by atoms with E-state index in [9.17, 15) is 9.59 Å². The molecule has 7 nitrogen and oxygen atoms in total. The number of carbonyl (C=O) groups excluding carboxylic acids is 2. The summed E-state index contributed by atoms with van der Waals surface area (Å²) in [6.07, 6.45) is 1.67. The van der Waals surface area contributed by atoms with Crippen LogP contribution in [0.15, 0.2) is 66.9 Å². The molecule has 26 heavy (non-hydrogen) atoms. The maximum absolute atomic E-state index is 12.2. The fourth-order valence-corrected chi connectivity index (χ4v) is 2.39. The zero-order chi connectivity index (χ0) is 18.4. The molecule has 0 atom stereocenters. The number of nitrogens with zero attached hydrogens (tertiary/aromatic N) is 2. The molecule has 0 radical (unpaired) electrons. The number of amides is 3. The number of hydrogen-bond donors (Lipinski definition) is 3. The lowest BCUT2D eigenvalue weighted by Gasteiger charge is -2.10. The van der Waals surface area contributed by atoms with Crippen molar-refractivity contribution in [2.45, 2.75) is 6.54 Å². The van der Waals surface area contributed by atoms with Crippen LogP contribution in [0.1, 0.15) is 16.1 Å². The van der Waals surface area contributed by atoms with E-state index in [2.05, 4.69) is 21.0 Å². The van der Waals surface area contributed by atoms with E-state index in [1.807, 2.05) is 19.2 Å². The lowest BCUT2D eigenvalue weighted by molar-refractivity contribution is 0.102. The van der Waals surface area contributed by atoms with Gasteiger partial charge in [-0.2, -0.15) is 5.10 Å². The molecule has 1 aromatic heterocycles. The fraction of sp³-hybridized carbons (Fsp3) is 0.105. The normalized spacial score (nSPS) is 10.2. The number of rotatable bonds is 5. The molecule has 3 rings (SSSR count). The summed E-state index contributed by atoms with van der Waals surface area (Å²) in [5.41, 5.74) is 2.64. The molecule has 0 unspecified atom stereocenters. The maximum Gasteiger partial charge on any atom is 0.319 e. The highest BCUT2D eigenvalue weighted by Crippen LogP contribution is 2.16. The second-order valence-electron chi connectivity index (χ2n) is 5.65. The van der Waals surface area contributed by atoms with Gasteiger partial charge in [-0.15, -0.1) is 0 Å². The van der Waals surface area contributed by atoms with Gasteiger partial charge < -0.3 is 16.0 Å². The maximum atomic E-state index is 12.2. The molecule has 3 N–H and O–H groups in total. The Bertz CT molecular complexity index is 905. The van der Waals surface area contributed by atoms with Gasteiger partial charge in [-0.1, -0.05) is 24.3 Å². The molecule has 2 aromatic carbocycles. The Balaban J connectivity index is 1.57. The predicted molar refractivity (Wildman–Crippen MR) is 99.9 cm³/mol. The van der Waals surface area contributed by atoms with E-state index in [0.717, 1.165) is 5.69 Å². The zero-order valence-electron chi connectivity index (χ0n) is 14.3. The number of aromatic nitrogens is 2. The van der Waals surface area contributed by atoms with Crippen molar-refractivity contribution in [3.8, 4) is 0 Å². The first-order chi connectivity index (χ1) is 12.6. The first-order valence-corrected chi connectivity index (χ1v) is 8.10. The van der Waals surface area contributed by atoms with E-state index in [4.69, 9.17) is 0 Å². The third-order valence-electron chi connectivity index (χ3n) is 3.77. The number of benzene rings is 2. The standard InChI is InChI=1S/C19H19N5O2/c1-24-17(10-11-21-24)13-20-19(26)23-16-9-5-8-15(12-16)22-18(25)14-6-3-2-4-7-14/h2-12H,13H2,1H3,(H,22,25)(H2,20,23,26). The number of hydrogen-bond acceptors (Lipinski definition) is 3. The van der Waals surface area contributed by atoms with E-state index in [1.165, 1.54) is 0 Å². The molecule has 7 heteroatoms. The summed E-state index contributed by atoms with van der Waals surface area (Å²) in [6.45, 7) is 0.368. The second kappa shape index (κ2) is 7.98. The smallest absolute Gasteiger partial charge is 0.319 e. The molecule has 132 valence electrons. The van der Waals surface area contributed by atoms with Crippen molar-refractivity contribution in [3.05, 3.63) is 78.1 Å². The predicted octanol–water partition coefficient (Wildman–Crippen LogP) is 2.99. The Morgan fingerprint density at radius 3 is 2.38 bits per heavy atom. The van der Waals surface area contributed by atoms with Crippen LogP contribution in [-0.2, 0) is 13.6 Å². The van der Waals surface area contributed by atoms with E-state index in [0.29, 0.717) is 23.5 Å². The Hall–Kier alpha value is -3.61. The van der Waals surface area contributed by atoms with Crippen LogP contribution in [0.2, 0.25) is 0 Å². The molecule has 3 amide bonds. The average Bonchev–Trinajstić information content (AvgIpc) is 3.06. The van der Waals surface area contributed by atoms with Crippen molar-refractivity contribution >= 4 is 23.3 Å². The van der Waals surface area contributed by atoms with Gasteiger partial charge in [0.1, 0.15) is 0 Å². The highest BCUT2D eigenvalue weighted by atomic mass is 16.2. The van der Waals surface area contributed by atoms with Crippen molar-refractivity contribution in [1.82, 2.24) is 15.1 Å². The zero-order valence-corrected chi connectivity index (χ0v) is 14.3. The van der Waals surface area contributed by atoms with Crippen LogP contribution < -0.4 is 16.0 Å². The molecular weight excluding hydrogens is 330 g/mol. The molecule has 0 fully saturated rings. The molecule has 0 spiro atoms. The monoisotopic (exact) mass is 349 g/mol. The quantitative estimate of drug-likeness (QED) is 0.662. The minimum Gasteiger partial charge on any atom is -0.332 e. The van der Waals surface area contributed by atoms with Gasteiger partial charge in [-0.3, -0.25) is 9.48 Å². The number of aryl methyl sites for hydroxylation is 1. The summed E-state index contributed by atoms with van der Waals surface area (Å²) >= 11 is 0. The SMILES string of the molecule is Cn1nccc1CNC(=O)Nc1cccc(NC(=O)c2ccccc2)c1. The third kappa shape index (κ3) is 4.47. The Kier molecular flexibility index (Phi) is 5.28. The summed E-state index contributed by atoms with van der Waals surface area (Å²) in [4.78, 5) is 24.2. The fourth-order valence-electron chi connectivity index (χ4n) is 2.39. The highest BCUT2D eigenvalue weighted by molar-refractivity contribution is 6.04. The second-order valence-corrected chi connectivity index (χ2v) is 5.65. The molecular formula is C19H19N5O2. The molecule has 1 heterocycles. The summed E-state index contributed by atoms with van der Waals surface area (Å²) in [7, 11) is 1.81. The van der Waals surface area contributed by atoms with Crippen molar-refractivity contribution in [2.75, 3.05) is 10.6 Å². The molecule has 0 saturated carbocycles. The van der Waals surface area contributed by atoms with Crippen LogP contribution in [0.3, 0.4) is 0 Å². The van der Waals surface area contributed by atoms with Crippen LogP contribution in [0.4, 0.5) is 16.2 Å². The Morgan fingerprint density at radius 2 is 1.69 bits per heavy atom. The number of nitrogens with one attached hydrogen (secondary N) is 3. The summed E-state index contributed by atoms with van der Waals surface area (Å²) in [5.74, 6) is -0.205. The van der Waals surface area contributed by atoms with Crippen LogP contribution in [0.5, 0.6) is 0 Å². The van der Waals surface area contributed by atoms with Gasteiger partial charge in [0.05, 0.1) is 12.2 Å². The first kappa shape index (κ1) is 17.2. The van der Waals surface area contributed by atoms with E-state index in [-0.39, 0.29) is 11.9 Å². The van der Waals surface area contributed by atoms with Crippen molar-refractivity contribution in [1.29, 1.82) is 0 Å².